The van der Waals surface area contributed by atoms with Crippen molar-refractivity contribution in [3.8, 4) is 0 Å². The van der Waals surface area contributed by atoms with Crippen LogP contribution < -0.4 is 5.32 Å². The summed E-state index contributed by atoms with van der Waals surface area (Å²) in [5, 5.41) is 3.43. The number of nitrogens with zero attached hydrogens (tertiary/aromatic N) is 1. The Bertz CT molecular complexity index is 388. The maximum atomic E-state index is 5.72. The SMILES string of the molecule is CCOCC(C)OCc1cccc(CNC(C)(C)C)n1. The van der Waals surface area contributed by atoms with Crippen molar-refractivity contribution < 1.29 is 9.47 Å². The van der Waals surface area contributed by atoms with Crippen molar-refractivity contribution in [2.75, 3.05) is 13.2 Å². The molecule has 1 atom stereocenters. The van der Waals surface area contributed by atoms with Crippen LogP contribution in [-0.4, -0.2) is 29.8 Å². The van der Waals surface area contributed by atoms with Crippen molar-refractivity contribution in [1.82, 2.24) is 10.3 Å². The van der Waals surface area contributed by atoms with Crippen molar-refractivity contribution in [1.29, 1.82) is 0 Å². The van der Waals surface area contributed by atoms with Crippen molar-refractivity contribution in [2.45, 2.75) is 59.4 Å². The normalized spacial score (nSPS) is 13.4. The van der Waals surface area contributed by atoms with Gasteiger partial charge in [-0.25, -0.2) is 0 Å². The highest BCUT2D eigenvalue weighted by atomic mass is 16.5. The van der Waals surface area contributed by atoms with Gasteiger partial charge in [0, 0.05) is 18.7 Å². The zero-order valence-electron chi connectivity index (χ0n) is 13.4. The third-order valence-corrected chi connectivity index (χ3v) is 2.74. The Morgan fingerprint density at radius 3 is 2.60 bits per heavy atom. The van der Waals surface area contributed by atoms with Crippen molar-refractivity contribution in [3.05, 3.63) is 29.6 Å². The van der Waals surface area contributed by atoms with Gasteiger partial charge >= 0.3 is 0 Å². The second-order valence-electron chi connectivity index (χ2n) is 6.00. The van der Waals surface area contributed by atoms with Gasteiger partial charge in [-0.2, -0.15) is 0 Å². The van der Waals surface area contributed by atoms with Gasteiger partial charge in [-0.3, -0.25) is 4.98 Å². The fourth-order valence-corrected chi connectivity index (χ4v) is 1.62. The van der Waals surface area contributed by atoms with Gasteiger partial charge < -0.3 is 14.8 Å². The van der Waals surface area contributed by atoms with Crippen molar-refractivity contribution in [3.63, 3.8) is 0 Å². The maximum absolute atomic E-state index is 5.72. The molecule has 0 aliphatic carbocycles. The van der Waals surface area contributed by atoms with Crippen LogP contribution in [0, 0.1) is 0 Å². The average Bonchev–Trinajstić information content (AvgIpc) is 2.40. The average molecular weight is 280 g/mol. The number of nitrogens with one attached hydrogen (secondary N) is 1. The van der Waals surface area contributed by atoms with E-state index in [0.29, 0.717) is 13.2 Å². The van der Waals surface area contributed by atoms with Crippen molar-refractivity contribution in [2.24, 2.45) is 0 Å². The zero-order chi connectivity index (χ0) is 15.0. The molecule has 1 unspecified atom stereocenters. The van der Waals surface area contributed by atoms with Gasteiger partial charge in [0.2, 0.25) is 0 Å². The Hall–Kier alpha value is -0.970. The molecule has 114 valence electrons. The highest BCUT2D eigenvalue weighted by Gasteiger charge is 2.09. The van der Waals surface area contributed by atoms with Gasteiger partial charge in [0.15, 0.2) is 0 Å². The first kappa shape index (κ1) is 17.1. The Morgan fingerprint density at radius 2 is 1.95 bits per heavy atom. The molecule has 0 radical (unpaired) electrons. The van der Waals surface area contributed by atoms with Crippen LogP contribution >= 0.6 is 0 Å². The predicted octanol–water partition coefficient (Wildman–Crippen LogP) is 2.91. The fraction of sp³-hybridized carbons (Fsp3) is 0.688. The van der Waals surface area contributed by atoms with E-state index in [4.69, 9.17) is 9.47 Å². The van der Waals surface area contributed by atoms with Gasteiger partial charge in [0.25, 0.3) is 0 Å². The van der Waals surface area contributed by atoms with Gasteiger partial charge in [0.1, 0.15) is 0 Å². The molecule has 0 aliphatic heterocycles. The Morgan fingerprint density at radius 1 is 1.25 bits per heavy atom. The van der Waals surface area contributed by atoms with E-state index >= 15 is 0 Å². The Balaban J connectivity index is 2.43. The molecule has 20 heavy (non-hydrogen) atoms. The van der Waals surface area contributed by atoms with Crippen molar-refractivity contribution >= 4 is 0 Å². The number of aromatic nitrogens is 1. The Kier molecular flexibility index (Phi) is 7.13. The van der Waals surface area contributed by atoms with E-state index in [2.05, 4.69) is 31.1 Å². The van der Waals surface area contributed by atoms with E-state index < -0.39 is 0 Å². The molecule has 1 heterocycles. The molecule has 0 amide bonds. The lowest BCUT2D eigenvalue weighted by molar-refractivity contribution is -0.0128. The van der Waals surface area contributed by atoms with E-state index in [0.717, 1.165) is 24.5 Å². The summed E-state index contributed by atoms with van der Waals surface area (Å²) in [5.74, 6) is 0. The van der Waals surface area contributed by atoms with Crippen LogP contribution in [-0.2, 0) is 22.6 Å². The number of pyridine rings is 1. The molecule has 0 saturated heterocycles. The van der Waals surface area contributed by atoms with Gasteiger partial charge in [0.05, 0.1) is 30.7 Å². The van der Waals surface area contributed by atoms with E-state index in [1.54, 1.807) is 0 Å². The zero-order valence-corrected chi connectivity index (χ0v) is 13.4. The van der Waals surface area contributed by atoms with Crippen LogP contribution in [0.5, 0.6) is 0 Å². The smallest absolute Gasteiger partial charge is 0.0892 e. The van der Waals surface area contributed by atoms with E-state index in [-0.39, 0.29) is 11.6 Å². The van der Waals surface area contributed by atoms with E-state index in [1.165, 1.54) is 0 Å². The van der Waals surface area contributed by atoms with Crippen LogP contribution in [0.25, 0.3) is 0 Å². The number of rotatable bonds is 8. The summed E-state index contributed by atoms with van der Waals surface area (Å²) in [6.07, 6.45) is 0.0908. The minimum absolute atomic E-state index is 0.0908. The Labute approximate surface area is 122 Å². The quantitative estimate of drug-likeness (QED) is 0.795. The third kappa shape index (κ3) is 7.58. The molecule has 1 aromatic heterocycles. The molecule has 4 nitrogen and oxygen atoms in total. The van der Waals surface area contributed by atoms with Gasteiger partial charge in [-0.1, -0.05) is 6.07 Å². The highest BCUT2D eigenvalue weighted by Crippen LogP contribution is 2.06. The summed E-state index contributed by atoms with van der Waals surface area (Å²) < 4.78 is 11.1. The lowest BCUT2D eigenvalue weighted by Gasteiger charge is -2.20. The predicted molar refractivity (Wildman–Crippen MR) is 81.6 cm³/mol. The first-order valence-electron chi connectivity index (χ1n) is 7.30. The first-order chi connectivity index (χ1) is 9.40. The molecule has 0 aromatic carbocycles. The number of hydrogen-bond donors (Lipinski definition) is 1. The third-order valence-electron chi connectivity index (χ3n) is 2.74. The molecular weight excluding hydrogens is 252 g/mol. The lowest BCUT2D eigenvalue weighted by atomic mass is 10.1. The molecule has 1 rings (SSSR count). The summed E-state index contributed by atoms with van der Waals surface area (Å²) in [6.45, 7) is 13.1. The molecular formula is C16H28N2O2. The van der Waals surface area contributed by atoms with E-state index in [9.17, 15) is 0 Å². The minimum atomic E-state index is 0.0908. The molecule has 4 heteroatoms. The van der Waals surface area contributed by atoms with Gasteiger partial charge in [-0.05, 0) is 46.8 Å². The van der Waals surface area contributed by atoms with Crippen LogP contribution in [0.4, 0.5) is 0 Å². The highest BCUT2D eigenvalue weighted by molar-refractivity contribution is 5.10. The molecule has 0 spiro atoms. The molecule has 0 fully saturated rings. The maximum Gasteiger partial charge on any atom is 0.0892 e. The van der Waals surface area contributed by atoms with Crippen LogP contribution in [0.3, 0.4) is 0 Å². The molecule has 0 saturated carbocycles. The summed E-state index contributed by atoms with van der Waals surface area (Å²) in [7, 11) is 0. The molecule has 0 aliphatic rings. The largest absolute Gasteiger partial charge is 0.379 e. The summed E-state index contributed by atoms with van der Waals surface area (Å²) in [5.41, 5.74) is 2.10. The van der Waals surface area contributed by atoms with Crippen LogP contribution in [0.2, 0.25) is 0 Å². The fourth-order valence-electron chi connectivity index (χ4n) is 1.62. The second-order valence-corrected chi connectivity index (χ2v) is 6.00. The topological polar surface area (TPSA) is 43.4 Å². The summed E-state index contributed by atoms with van der Waals surface area (Å²) >= 11 is 0. The molecule has 1 aromatic rings. The second kappa shape index (κ2) is 8.35. The summed E-state index contributed by atoms with van der Waals surface area (Å²) in [4.78, 5) is 4.60. The summed E-state index contributed by atoms with van der Waals surface area (Å²) in [6, 6.07) is 6.05. The van der Waals surface area contributed by atoms with E-state index in [1.807, 2.05) is 32.0 Å². The molecule has 1 N–H and O–H groups in total. The number of ether oxygens (including phenoxy) is 2. The lowest BCUT2D eigenvalue weighted by Crippen LogP contribution is -2.35. The molecule has 0 bridgehead atoms. The van der Waals surface area contributed by atoms with Crippen LogP contribution in [0.1, 0.15) is 46.0 Å². The van der Waals surface area contributed by atoms with Gasteiger partial charge in [-0.15, -0.1) is 0 Å². The van der Waals surface area contributed by atoms with Crippen LogP contribution in [0.15, 0.2) is 18.2 Å². The monoisotopic (exact) mass is 280 g/mol. The minimum Gasteiger partial charge on any atom is -0.379 e. The number of hydrogen-bond acceptors (Lipinski definition) is 4. The first-order valence-corrected chi connectivity index (χ1v) is 7.30. The standard InChI is InChI=1S/C16H28N2O2/c1-6-19-11-13(2)20-12-15-9-7-8-14(18-15)10-17-16(3,4)5/h7-9,13,17H,6,10-12H2,1-5H3.